The molecular weight excluding hydrogens is 266 g/mol. The van der Waals surface area contributed by atoms with Crippen LogP contribution in [0.2, 0.25) is 0 Å². The molecule has 1 amide bonds. The molecule has 1 N–H and O–H groups in total. The fourth-order valence-corrected chi connectivity index (χ4v) is 2.76. The minimum absolute atomic E-state index is 0.0101. The molecular formula is C16H27N3O2. The number of hydrogen-bond donors (Lipinski definition) is 1. The topological polar surface area (TPSA) is 58.4 Å². The van der Waals surface area contributed by atoms with Crippen molar-refractivity contribution in [2.45, 2.75) is 45.4 Å². The number of carbonyl (C=O) groups is 1. The second-order valence-corrected chi connectivity index (χ2v) is 6.05. The van der Waals surface area contributed by atoms with Crippen molar-refractivity contribution in [1.29, 1.82) is 0 Å². The van der Waals surface area contributed by atoms with Gasteiger partial charge in [-0.3, -0.25) is 4.79 Å². The lowest BCUT2D eigenvalue weighted by atomic mass is 9.93. The van der Waals surface area contributed by atoms with Gasteiger partial charge in [-0.2, -0.15) is 0 Å². The fraction of sp³-hybridized carbons (Fsp3) is 0.750. The van der Waals surface area contributed by atoms with Crippen LogP contribution in [0.4, 0.5) is 0 Å². The summed E-state index contributed by atoms with van der Waals surface area (Å²) in [6.45, 7) is 6.91. The molecule has 1 atom stereocenters. The second-order valence-electron chi connectivity index (χ2n) is 6.05. The Balaban J connectivity index is 1.88. The summed E-state index contributed by atoms with van der Waals surface area (Å²) in [5.41, 5.74) is 0.879. The van der Waals surface area contributed by atoms with E-state index < -0.39 is 0 Å². The largest absolute Gasteiger partial charge is 0.351 e. The van der Waals surface area contributed by atoms with E-state index in [1.54, 1.807) is 0 Å². The number of carbonyl (C=O) groups excluding carboxylic acids is 1. The van der Waals surface area contributed by atoms with Gasteiger partial charge in [-0.15, -0.1) is 0 Å². The average molecular weight is 293 g/mol. The Morgan fingerprint density at radius 3 is 2.86 bits per heavy atom. The molecule has 1 aromatic rings. The number of aromatic nitrogens is 1. The van der Waals surface area contributed by atoms with E-state index in [-0.39, 0.29) is 5.91 Å². The molecule has 1 fully saturated rings. The first-order chi connectivity index (χ1) is 10.2. The Labute approximate surface area is 127 Å². The molecule has 5 heteroatoms. The minimum atomic E-state index is -0.0101. The summed E-state index contributed by atoms with van der Waals surface area (Å²) in [6, 6.07) is 1.81. The Bertz CT molecular complexity index is 450. The zero-order valence-electron chi connectivity index (χ0n) is 13.4. The van der Waals surface area contributed by atoms with Gasteiger partial charge in [0.15, 0.2) is 0 Å². The number of hydrogen-bond acceptors (Lipinski definition) is 4. The summed E-state index contributed by atoms with van der Waals surface area (Å²) in [4.78, 5) is 14.3. The molecule has 0 saturated carbocycles. The van der Waals surface area contributed by atoms with Crippen molar-refractivity contribution >= 4 is 5.91 Å². The highest BCUT2D eigenvalue weighted by Crippen LogP contribution is 2.23. The third-order valence-electron chi connectivity index (χ3n) is 4.56. The van der Waals surface area contributed by atoms with Crippen LogP contribution in [0.1, 0.15) is 61.7 Å². The minimum Gasteiger partial charge on any atom is -0.351 e. The summed E-state index contributed by atoms with van der Waals surface area (Å²) in [5.74, 6) is 1.44. The van der Waals surface area contributed by atoms with E-state index in [2.05, 4.69) is 24.3 Å². The smallest absolute Gasteiger partial charge is 0.292 e. The van der Waals surface area contributed by atoms with Crippen molar-refractivity contribution in [3.63, 3.8) is 0 Å². The van der Waals surface area contributed by atoms with E-state index in [0.717, 1.165) is 50.5 Å². The summed E-state index contributed by atoms with van der Waals surface area (Å²) in [7, 11) is 1.98. The van der Waals surface area contributed by atoms with Crippen molar-refractivity contribution < 1.29 is 9.32 Å². The van der Waals surface area contributed by atoms with Crippen LogP contribution < -0.4 is 5.32 Å². The fourth-order valence-electron chi connectivity index (χ4n) is 2.76. The number of rotatable bonds is 6. The van der Waals surface area contributed by atoms with Gasteiger partial charge in [-0.25, -0.2) is 0 Å². The Hall–Kier alpha value is -1.36. The molecule has 2 rings (SSSR count). The van der Waals surface area contributed by atoms with E-state index in [4.69, 9.17) is 4.52 Å². The maximum atomic E-state index is 12.4. The molecule has 0 aromatic carbocycles. The summed E-state index contributed by atoms with van der Waals surface area (Å²) in [5, 5.41) is 7.22. The summed E-state index contributed by atoms with van der Waals surface area (Å²) in [6.07, 6.45) is 4.36. The zero-order valence-corrected chi connectivity index (χ0v) is 13.4. The Morgan fingerprint density at radius 1 is 1.52 bits per heavy atom. The molecule has 0 spiro atoms. The number of piperidine rings is 1. The number of likely N-dealkylation sites (tertiary alicyclic amines) is 1. The third-order valence-corrected chi connectivity index (χ3v) is 4.56. The molecule has 0 bridgehead atoms. The van der Waals surface area contributed by atoms with Crippen LogP contribution in [0.5, 0.6) is 0 Å². The van der Waals surface area contributed by atoms with E-state index in [1.165, 1.54) is 6.42 Å². The Kier molecular flexibility index (Phi) is 5.79. The lowest BCUT2D eigenvalue weighted by Gasteiger charge is -2.31. The van der Waals surface area contributed by atoms with Gasteiger partial charge >= 0.3 is 0 Å². The van der Waals surface area contributed by atoms with Crippen LogP contribution >= 0.6 is 0 Å². The average Bonchev–Trinajstić information content (AvgIpc) is 3.02. The van der Waals surface area contributed by atoms with Crippen molar-refractivity contribution in [2.75, 3.05) is 26.7 Å². The molecule has 1 aromatic heterocycles. The monoisotopic (exact) mass is 293 g/mol. The highest BCUT2D eigenvalue weighted by atomic mass is 16.5. The van der Waals surface area contributed by atoms with Gasteiger partial charge in [0.25, 0.3) is 5.91 Å². The molecule has 1 aliphatic heterocycles. The first-order valence-corrected chi connectivity index (χ1v) is 8.06. The first kappa shape index (κ1) is 16.0. The van der Waals surface area contributed by atoms with E-state index in [9.17, 15) is 4.79 Å². The van der Waals surface area contributed by atoms with Gasteiger partial charge in [0.05, 0.1) is 5.69 Å². The zero-order chi connectivity index (χ0) is 15.2. The van der Waals surface area contributed by atoms with Crippen molar-refractivity contribution in [3.8, 4) is 0 Å². The molecule has 0 radical (unpaired) electrons. The van der Waals surface area contributed by atoms with Crippen LogP contribution in [-0.4, -0.2) is 42.6 Å². The number of nitrogens with one attached hydrogen (secondary N) is 1. The van der Waals surface area contributed by atoms with Gasteiger partial charge in [0.2, 0.25) is 5.76 Å². The lowest BCUT2D eigenvalue weighted by molar-refractivity contribution is 0.0645. The lowest BCUT2D eigenvalue weighted by Crippen LogP contribution is -2.38. The maximum absolute atomic E-state index is 12.4. The van der Waals surface area contributed by atoms with E-state index in [1.807, 2.05) is 18.0 Å². The van der Waals surface area contributed by atoms with Gasteiger partial charge in [-0.05, 0) is 45.2 Å². The molecule has 1 aliphatic rings. The van der Waals surface area contributed by atoms with Crippen molar-refractivity contribution in [1.82, 2.24) is 15.4 Å². The predicted molar refractivity (Wildman–Crippen MR) is 82.4 cm³/mol. The molecule has 1 saturated heterocycles. The van der Waals surface area contributed by atoms with Gasteiger partial charge < -0.3 is 14.7 Å². The van der Waals surface area contributed by atoms with Crippen LogP contribution in [0.3, 0.4) is 0 Å². The van der Waals surface area contributed by atoms with Crippen molar-refractivity contribution in [3.05, 3.63) is 17.5 Å². The second kappa shape index (κ2) is 7.59. The van der Waals surface area contributed by atoms with Gasteiger partial charge in [0, 0.05) is 25.1 Å². The molecule has 0 aliphatic carbocycles. The van der Waals surface area contributed by atoms with Crippen LogP contribution in [0.15, 0.2) is 10.6 Å². The van der Waals surface area contributed by atoms with Crippen LogP contribution in [0.25, 0.3) is 0 Å². The van der Waals surface area contributed by atoms with Crippen molar-refractivity contribution in [2.24, 2.45) is 5.92 Å². The normalized spacial score (nSPS) is 18.0. The van der Waals surface area contributed by atoms with Crippen LogP contribution in [0, 0.1) is 5.92 Å². The van der Waals surface area contributed by atoms with Crippen LogP contribution in [-0.2, 0) is 0 Å². The first-order valence-electron chi connectivity index (χ1n) is 8.06. The number of amides is 1. The van der Waals surface area contributed by atoms with E-state index in [0.29, 0.717) is 11.7 Å². The highest BCUT2D eigenvalue weighted by molar-refractivity contribution is 5.91. The molecule has 5 nitrogen and oxygen atoms in total. The molecule has 21 heavy (non-hydrogen) atoms. The maximum Gasteiger partial charge on any atom is 0.292 e. The summed E-state index contributed by atoms with van der Waals surface area (Å²) < 4.78 is 5.24. The SMILES string of the molecule is CCC(C)c1cc(C(=O)N2CCC(CCNC)CC2)on1. The summed E-state index contributed by atoms with van der Waals surface area (Å²) >= 11 is 0. The highest BCUT2D eigenvalue weighted by Gasteiger charge is 2.26. The van der Waals surface area contributed by atoms with E-state index >= 15 is 0 Å². The third kappa shape index (κ3) is 4.06. The molecule has 2 heterocycles. The standard InChI is InChI=1S/C16H27N3O2/c1-4-12(2)14-11-15(21-18-14)16(20)19-9-6-13(7-10-19)5-8-17-3/h11-13,17H,4-10H2,1-3H3. The number of nitrogens with zero attached hydrogens (tertiary/aromatic N) is 2. The molecule has 1 unspecified atom stereocenters. The van der Waals surface area contributed by atoms with Gasteiger partial charge in [-0.1, -0.05) is 19.0 Å². The quantitative estimate of drug-likeness (QED) is 0.876. The predicted octanol–water partition coefficient (Wildman–Crippen LogP) is 2.65. The molecule has 118 valence electrons. The van der Waals surface area contributed by atoms with Gasteiger partial charge in [0.1, 0.15) is 0 Å². The Morgan fingerprint density at radius 2 is 2.24 bits per heavy atom.